The molecule has 96 heavy (non-hydrogen) atoms. The molecule has 543 valence electrons. The summed E-state index contributed by atoms with van der Waals surface area (Å²) >= 11 is 5.80. The molecule has 1 radical (unpaired) electrons. The van der Waals surface area contributed by atoms with Gasteiger partial charge in [0.1, 0.15) is 46.0 Å². The zero-order valence-corrected chi connectivity index (χ0v) is 63.2. The number of alkyl halides is 2. The molecule has 4 atom stereocenters. The summed E-state index contributed by atoms with van der Waals surface area (Å²) in [6.45, 7) is 32.8. The minimum atomic E-state index is -1.50. The SMILES string of the molecule is C=C(C)[C@@H]1CCC(C)=C[C@H]1c1c(O)cc(C(C)(C)CCCCO[N+](=O)[O-])cc1O.C=C(C)[C@H]1C=CC(C)(O)CC1.CC(C)(CCCCBr)c1cc(O)cc(O)c1.CC(C)(CCCCI)c1cc(O)cc(O)c1.CC(C)(CCCCO[N+](=O)[O-])c1cc(O)cc(O)c1.O=[N+]([O-])O.[Ag]. The number of rotatable bonds is 27. The average molecular weight is 1620 g/mol. The molecule has 4 aromatic carbocycles. The van der Waals surface area contributed by atoms with Gasteiger partial charge in [0.05, 0.1) is 18.8 Å². The van der Waals surface area contributed by atoms with Gasteiger partial charge >= 0.3 is 0 Å². The number of nitrogens with zero attached hydrogens (tertiary/aromatic N) is 3. The number of hydrogen-bond donors (Lipinski definition) is 10. The first-order chi connectivity index (χ1) is 44.0. The number of aromatic hydroxyl groups is 8. The molecule has 1 unspecified atom stereocenters. The maximum Gasteiger partial charge on any atom is 0.294 e. The van der Waals surface area contributed by atoms with Crippen LogP contribution >= 0.6 is 38.5 Å². The van der Waals surface area contributed by atoms with Crippen LogP contribution in [0.15, 0.2) is 115 Å². The molecule has 4 aromatic rings. The van der Waals surface area contributed by atoms with Gasteiger partial charge in [0, 0.05) is 57.4 Å². The molecule has 0 heterocycles. The summed E-state index contributed by atoms with van der Waals surface area (Å²) in [7, 11) is 0. The van der Waals surface area contributed by atoms with Gasteiger partial charge in [-0.2, -0.15) is 0 Å². The van der Waals surface area contributed by atoms with Crippen molar-refractivity contribution < 1.29 is 98.5 Å². The van der Waals surface area contributed by atoms with Crippen molar-refractivity contribution in [1.29, 1.82) is 0 Å². The Kier molecular flexibility index (Phi) is 40.4. The van der Waals surface area contributed by atoms with E-state index in [0.717, 1.165) is 110 Å². The molecule has 10 N–H and O–H groups in total. The van der Waals surface area contributed by atoms with E-state index in [4.69, 9.17) is 15.3 Å². The topological polar surface area (TPSA) is 350 Å². The molecule has 6 rings (SSSR count). The zero-order chi connectivity index (χ0) is 72.7. The van der Waals surface area contributed by atoms with E-state index in [1.54, 1.807) is 48.5 Å². The van der Waals surface area contributed by atoms with Crippen molar-refractivity contribution in [3.05, 3.63) is 173 Å². The van der Waals surface area contributed by atoms with Crippen LogP contribution in [0.1, 0.15) is 220 Å². The predicted octanol–water partition coefficient (Wildman–Crippen LogP) is 18.4. The number of unbranched alkanes of at least 4 members (excludes halogenated alkanes) is 4. The molecular weight excluding hydrogens is 1510 g/mol. The van der Waals surface area contributed by atoms with Crippen LogP contribution in [0.5, 0.6) is 46.0 Å². The van der Waals surface area contributed by atoms with E-state index in [1.165, 1.54) is 46.6 Å². The van der Waals surface area contributed by atoms with Gasteiger partial charge in [-0.05, 0) is 213 Å². The molecule has 2 aliphatic carbocycles. The van der Waals surface area contributed by atoms with E-state index in [-0.39, 0.29) is 115 Å². The maximum absolute atomic E-state index is 10.8. The second kappa shape index (κ2) is 43.2. The number of hydrogen-bond acceptors (Lipinski definition) is 17. The van der Waals surface area contributed by atoms with Gasteiger partial charge in [-0.25, -0.2) is 0 Å². The molecule has 0 aliphatic heterocycles. The van der Waals surface area contributed by atoms with Crippen LogP contribution in [0.2, 0.25) is 0 Å². The van der Waals surface area contributed by atoms with Gasteiger partial charge in [0.2, 0.25) is 0 Å². The molecule has 0 saturated carbocycles. The van der Waals surface area contributed by atoms with Gasteiger partial charge < -0.3 is 60.8 Å². The largest absolute Gasteiger partial charge is 0.508 e. The van der Waals surface area contributed by atoms with Gasteiger partial charge in [-0.15, -0.1) is 30.3 Å². The average Bonchev–Trinajstić information content (AvgIpc) is 0.787. The second-order valence-electron chi connectivity index (χ2n) is 27.5. The summed E-state index contributed by atoms with van der Waals surface area (Å²) in [6.07, 6.45) is 20.9. The Hall–Kier alpha value is -6.25. The van der Waals surface area contributed by atoms with Crippen LogP contribution in [0.4, 0.5) is 0 Å². The zero-order valence-electron chi connectivity index (χ0n) is 58.0. The Labute approximate surface area is 605 Å². The summed E-state index contributed by atoms with van der Waals surface area (Å²) in [5.74, 6) is 1.38. The fraction of sp³-hybridized carbons (Fsp3) is 0.556. The Balaban J connectivity index is 0.00000119. The number of benzene rings is 4. The summed E-state index contributed by atoms with van der Waals surface area (Å²) in [6, 6.07) is 17.7. The van der Waals surface area contributed by atoms with Crippen LogP contribution < -0.4 is 0 Å². The van der Waals surface area contributed by atoms with Gasteiger partial charge in [-0.3, -0.25) is 0 Å². The summed E-state index contributed by atoms with van der Waals surface area (Å²) in [5, 5.41) is 121. The van der Waals surface area contributed by atoms with E-state index >= 15 is 0 Å². The Bertz CT molecular complexity index is 2990. The van der Waals surface area contributed by atoms with E-state index in [9.17, 15) is 66.2 Å². The minimum Gasteiger partial charge on any atom is -0.508 e. The first-order valence-corrected chi connectivity index (χ1v) is 34.7. The van der Waals surface area contributed by atoms with Crippen LogP contribution in [-0.4, -0.2) is 95.0 Å². The van der Waals surface area contributed by atoms with Crippen LogP contribution in [-0.2, 0) is 53.7 Å². The van der Waals surface area contributed by atoms with E-state index in [1.807, 2.05) is 54.5 Å². The van der Waals surface area contributed by atoms with Crippen molar-refractivity contribution in [2.45, 2.75) is 219 Å². The third-order valence-electron chi connectivity index (χ3n) is 17.1. The summed E-state index contributed by atoms with van der Waals surface area (Å²) in [5.41, 5.74) is 6.61. The molecule has 0 amide bonds. The van der Waals surface area contributed by atoms with Crippen molar-refractivity contribution >= 4 is 38.5 Å². The molecule has 24 heteroatoms. The fourth-order valence-electron chi connectivity index (χ4n) is 11.1. The molecule has 0 bridgehead atoms. The van der Waals surface area contributed by atoms with Crippen molar-refractivity contribution in [3.63, 3.8) is 0 Å². The van der Waals surface area contributed by atoms with Crippen molar-refractivity contribution in [2.75, 3.05) is 23.0 Å². The second-order valence-corrected chi connectivity index (χ2v) is 29.3. The number of phenols is 8. The smallest absolute Gasteiger partial charge is 0.294 e. The Morgan fingerprint density at radius 3 is 1.21 bits per heavy atom. The third-order valence-corrected chi connectivity index (χ3v) is 18.4. The standard InChI is InChI=1S/C23H33NO5.C13H19BrO2.C13H19IO2.C13H19NO5.C10H16O.Ag.HNO3/c1-15(2)18-9-8-16(3)12-19(18)22-20(25)13-17(14-21(22)26)23(4,5)10-6-7-11-29-24(27)28;2*1-13(2,5-3-4-6-14)10-7-11(15)9-12(16)8-10;1-13(2,5-3-4-6-19-14(17)18)10-7-11(15)9-12(16)8-10;1-8(2)9-4-6-10(3,11)7-5-9;;2-1(3)4/h12-14,18-19,25-26H,1,6-11H2,2-5H3;2*7-9,15-16H,3-6H2,1-2H3;7-9,15-16H,3-6H2,1-2H3;4,6,9,11H,1,5,7H2,2-3H3;;(H,2,3,4)/t18-,19+;;;;9-,10?;;/m0...0../s1. The van der Waals surface area contributed by atoms with Crippen molar-refractivity contribution in [2.24, 2.45) is 11.8 Å². The number of halogens is 2. The van der Waals surface area contributed by atoms with Crippen molar-refractivity contribution in [1.82, 2.24) is 0 Å². The fourth-order valence-corrected chi connectivity index (χ4v) is 12.0. The first kappa shape index (κ1) is 89.8. The molecule has 2 aliphatic rings. The molecule has 21 nitrogen and oxygen atoms in total. The quantitative estimate of drug-likeness (QED) is 0.00504. The van der Waals surface area contributed by atoms with Gasteiger partial charge in [-0.1, -0.05) is 168 Å². The monoisotopic (exact) mass is 1610 g/mol. The van der Waals surface area contributed by atoms with Crippen LogP contribution in [0.25, 0.3) is 0 Å². The molecule has 0 spiro atoms. The van der Waals surface area contributed by atoms with Crippen molar-refractivity contribution in [3.8, 4) is 46.0 Å². The predicted molar refractivity (Wildman–Crippen MR) is 385 cm³/mol. The van der Waals surface area contributed by atoms with E-state index < -0.39 is 20.9 Å². The van der Waals surface area contributed by atoms with Gasteiger partial charge in [0.25, 0.3) is 15.3 Å². The normalized spacial score (nSPS) is 16.5. The third kappa shape index (κ3) is 35.3. The molecule has 0 fully saturated rings. The van der Waals surface area contributed by atoms with Crippen LogP contribution in [0.3, 0.4) is 0 Å². The number of aliphatic hydroxyl groups is 1. The molecular formula is C72H107AgBrIN3O18. The van der Waals surface area contributed by atoms with E-state index in [0.29, 0.717) is 24.3 Å². The number of phenolic OH excluding ortho intramolecular Hbond substituents is 8. The summed E-state index contributed by atoms with van der Waals surface area (Å²) in [4.78, 5) is 37.2. The molecule has 0 saturated heterocycles. The summed E-state index contributed by atoms with van der Waals surface area (Å²) < 4.78 is 1.18. The van der Waals surface area contributed by atoms with Crippen LogP contribution in [0, 0.1) is 42.2 Å². The minimum absolute atomic E-state index is 0. The maximum atomic E-state index is 10.8. The molecule has 0 aromatic heterocycles. The van der Waals surface area contributed by atoms with Gasteiger partial charge in [0.15, 0.2) is 0 Å². The number of allylic oxidation sites excluding steroid dienone is 5. The Morgan fingerprint density at radius 2 is 0.917 bits per heavy atom. The first-order valence-electron chi connectivity index (χ1n) is 32.1. The van der Waals surface area contributed by atoms with E-state index in [2.05, 4.69) is 108 Å². The Morgan fingerprint density at radius 1 is 0.583 bits per heavy atom.